The highest BCUT2D eigenvalue weighted by molar-refractivity contribution is 6.30. The van der Waals surface area contributed by atoms with Crippen molar-refractivity contribution in [1.82, 2.24) is 4.57 Å². The number of carbonyl (C=O) groups is 2. The third-order valence-electron chi connectivity index (χ3n) is 3.93. The van der Waals surface area contributed by atoms with E-state index in [1.807, 2.05) is 6.07 Å². The number of hydrogen-bond donors (Lipinski definition) is 0. The Labute approximate surface area is 149 Å². The first-order chi connectivity index (χ1) is 11.9. The number of benzene rings is 2. The topological polar surface area (TPSA) is 57.5 Å². The summed E-state index contributed by atoms with van der Waals surface area (Å²) in [4.78, 5) is 24.6. The molecule has 0 aliphatic heterocycles. The lowest BCUT2D eigenvalue weighted by molar-refractivity contribution is -0.131. The van der Waals surface area contributed by atoms with Gasteiger partial charge in [-0.15, -0.1) is 0 Å². The second kappa shape index (κ2) is 6.61. The molecule has 0 atom stereocenters. The molecule has 0 N–H and O–H groups in total. The summed E-state index contributed by atoms with van der Waals surface area (Å²) in [5.41, 5.74) is 1.51. The van der Waals surface area contributed by atoms with Crippen LogP contribution in [-0.4, -0.2) is 23.4 Å². The van der Waals surface area contributed by atoms with Crippen LogP contribution in [0.25, 0.3) is 10.9 Å². The summed E-state index contributed by atoms with van der Waals surface area (Å²) in [5, 5.41) is 1.17. The van der Waals surface area contributed by atoms with Crippen LogP contribution in [0.3, 0.4) is 0 Å². The minimum atomic E-state index is -0.500. The molecule has 3 rings (SSSR count). The average Bonchev–Trinajstić information content (AvgIpc) is 2.86. The standard InChI is InChI=1S/C19H16ClNO4/c1-11(22)25-19-15-10-14(24-3)8-9-16(15)21(2)17(19)18(23)12-4-6-13(20)7-5-12/h4-10H,1-3H3. The second-order valence-corrected chi connectivity index (χ2v) is 5.99. The van der Waals surface area contributed by atoms with Gasteiger partial charge >= 0.3 is 5.97 Å². The molecule has 5 nitrogen and oxygen atoms in total. The van der Waals surface area contributed by atoms with Crippen molar-refractivity contribution in [3.05, 3.63) is 58.7 Å². The number of aryl methyl sites for hydroxylation is 1. The molecule has 0 bridgehead atoms. The van der Waals surface area contributed by atoms with E-state index in [1.165, 1.54) is 6.92 Å². The van der Waals surface area contributed by atoms with Crippen LogP contribution in [0.4, 0.5) is 0 Å². The highest BCUT2D eigenvalue weighted by Crippen LogP contribution is 2.36. The Morgan fingerprint density at radius 1 is 1.08 bits per heavy atom. The first kappa shape index (κ1) is 17.0. The summed E-state index contributed by atoms with van der Waals surface area (Å²) < 4.78 is 12.3. The van der Waals surface area contributed by atoms with E-state index in [1.54, 1.807) is 55.1 Å². The number of fused-ring (bicyclic) bond motifs is 1. The van der Waals surface area contributed by atoms with E-state index >= 15 is 0 Å². The number of halogens is 1. The van der Waals surface area contributed by atoms with Gasteiger partial charge in [0.1, 0.15) is 11.4 Å². The fraction of sp³-hybridized carbons (Fsp3) is 0.158. The molecule has 0 saturated heterocycles. The molecule has 1 aromatic heterocycles. The van der Waals surface area contributed by atoms with Crippen molar-refractivity contribution < 1.29 is 19.1 Å². The number of rotatable bonds is 4. The molecule has 2 aromatic carbocycles. The predicted octanol–water partition coefficient (Wildman–Crippen LogP) is 4.00. The van der Waals surface area contributed by atoms with Crippen molar-refractivity contribution in [3.63, 3.8) is 0 Å². The summed E-state index contributed by atoms with van der Waals surface area (Å²) in [7, 11) is 3.31. The first-order valence-corrected chi connectivity index (χ1v) is 7.95. The third kappa shape index (κ3) is 3.10. The van der Waals surface area contributed by atoms with E-state index in [4.69, 9.17) is 21.1 Å². The Morgan fingerprint density at radius 2 is 1.76 bits per heavy atom. The molecule has 3 aromatic rings. The summed E-state index contributed by atoms with van der Waals surface area (Å²) in [6.07, 6.45) is 0. The monoisotopic (exact) mass is 357 g/mol. The number of nitrogens with zero attached hydrogens (tertiary/aromatic N) is 1. The lowest BCUT2D eigenvalue weighted by atomic mass is 10.1. The molecule has 25 heavy (non-hydrogen) atoms. The number of ketones is 1. The van der Waals surface area contributed by atoms with Crippen LogP contribution in [0, 0.1) is 0 Å². The van der Waals surface area contributed by atoms with E-state index in [9.17, 15) is 9.59 Å². The van der Waals surface area contributed by atoms with E-state index in [0.29, 0.717) is 27.4 Å². The minimum absolute atomic E-state index is 0.226. The molecule has 0 unspecified atom stereocenters. The number of carbonyl (C=O) groups excluding carboxylic acids is 2. The highest BCUT2D eigenvalue weighted by atomic mass is 35.5. The van der Waals surface area contributed by atoms with Crippen molar-refractivity contribution in [2.75, 3.05) is 7.11 Å². The Morgan fingerprint density at radius 3 is 2.36 bits per heavy atom. The van der Waals surface area contributed by atoms with Crippen LogP contribution < -0.4 is 9.47 Å². The zero-order valence-electron chi connectivity index (χ0n) is 14.0. The number of methoxy groups -OCH3 is 1. The molecule has 0 saturated carbocycles. The van der Waals surface area contributed by atoms with Crippen LogP contribution in [-0.2, 0) is 11.8 Å². The average molecular weight is 358 g/mol. The van der Waals surface area contributed by atoms with E-state index in [-0.39, 0.29) is 11.5 Å². The van der Waals surface area contributed by atoms with Crippen LogP contribution in [0.2, 0.25) is 5.02 Å². The van der Waals surface area contributed by atoms with Gasteiger partial charge in [0, 0.05) is 29.9 Å². The van der Waals surface area contributed by atoms with E-state index in [0.717, 1.165) is 5.52 Å². The molecular weight excluding hydrogens is 342 g/mol. The molecule has 6 heteroatoms. The fourth-order valence-electron chi connectivity index (χ4n) is 2.76. The van der Waals surface area contributed by atoms with Crippen molar-refractivity contribution in [1.29, 1.82) is 0 Å². The lowest BCUT2D eigenvalue weighted by Crippen LogP contribution is -2.11. The van der Waals surface area contributed by atoms with Gasteiger partial charge in [0.05, 0.1) is 12.6 Å². The maximum atomic E-state index is 13.0. The first-order valence-electron chi connectivity index (χ1n) is 7.57. The molecule has 0 aliphatic rings. The number of hydrogen-bond acceptors (Lipinski definition) is 4. The SMILES string of the molecule is COc1ccc2c(c1)c(OC(C)=O)c(C(=O)c1ccc(Cl)cc1)n2C. The van der Waals surface area contributed by atoms with Crippen molar-refractivity contribution in [2.45, 2.75) is 6.92 Å². The lowest BCUT2D eigenvalue weighted by Gasteiger charge is -2.07. The molecule has 0 aliphatic carbocycles. The molecular formula is C19H16ClNO4. The van der Waals surface area contributed by atoms with Crippen LogP contribution >= 0.6 is 11.6 Å². The Hall–Kier alpha value is -2.79. The summed E-state index contributed by atoms with van der Waals surface area (Å²) in [5.74, 6) is 0.0758. The molecule has 1 heterocycles. The fourth-order valence-corrected chi connectivity index (χ4v) is 2.88. The number of aromatic nitrogens is 1. The maximum Gasteiger partial charge on any atom is 0.308 e. The number of ether oxygens (including phenoxy) is 2. The van der Waals surface area contributed by atoms with Crippen molar-refractivity contribution >= 4 is 34.3 Å². The molecule has 0 radical (unpaired) electrons. The van der Waals surface area contributed by atoms with Crippen LogP contribution in [0.15, 0.2) is 42.5 Å². The zero-order valence-corrected chi connectivity index (χ0v) is 14.8. The van der Waals surface area contributed by atoms with Gasteiger partial charge in [0.15, 0.2) is 5.75 Å². The molecule has 0 spiro atoms. The summed E-state index contributed by atoms with van der Waals surface area (Å²) >= 11 is 5.89. The minimum Gasteiger partial charge on any atom is -0.497 e. The van der Waals surface area contributed by atoms with Crippen LogP contribution in [0.1, 0.15) is 23.0 Å². The van der Waals surface area contributed by atoms with Gasteiger partial charge in [-0.2, -0.15) is 0 Å². The van der Waals surface area contributed by atoms with Gasteiger partial charge < -0.3 is 14.0 Å². The van der Waals surface area contributed by atoms with Gasteiger partial charge in [-0.1, -0.05) is 11.6 Å². The van der Waals surface area contributed by atoms with Gasteiger partial charge in [0.2, 0.25) is 5.78 Å². The Balaban J connectivity index is 2.25. The number of esters is 1. The molecule has 0 fully saturated rings. The van der Waals surface area contributed by atoms with E-state index in [2.05, 4.69) is 0 Å². The van der Waals surface area contributed by atoms with Gasteiger partial charge in [0.25, 0.3) is 0 Å². The predicted molar refractivity (Wildman–Crippen MR) is 95.7 cm³/mol. The van der Waals surface area contributed by atoms with Gasteiger partial charge in [-0.3, -0.25) is 9.59 Å². The zero-order chi connectivity index (χ0) is 18.1. The quantitative estimate of drug-likeness (QED) is 0.523. The summed E-state index contributed by atoms with van der Waals surface area (Å²) in [6, 6.07) is 11.9. The Kier molecular flexibility index (Phi) is 4.51. The Bertz CT molecular complexity index is 973. The highest BCUT2D eigenvalue weighted by Gasteiger charge is 2.25. The largest absolute Gasteiger partial charge is 0.497 e. The maximum absolute atomic E-state index is 13.0. The summed E-state index contributed by atoms with van der Waals surface area (Å²) in [6.45, 7) is 1.30. The van der Waals surface area contributed by atoms with Crippen LogP contribution in [0.5, 0.6) is 11.5 Å². The van der Waals surface area contributed by atoms with Gasteiger partial charge in [-0.25, -0.2) is 0 Å². The third-order valence-corrected chi connectivity index (χ3v) is 4.18. The van der Waals surface area contributed by atoms with Crippen molar-refractivity contribution in [2.24, 2.45) is 7.05 Å². The molecule has 0 amide bonds. The smallest absolute Gasteiger partial charge is 0.308 e. The molecule has 128 valence electrons. The second-order valence-electron chi connectivity index (χ2n) is 5.55. The van der Waals surface area contributed by atoms with Crippen molar-refractivity contribution in [3.8, 4) is 11.5 Å². The van der Waals surface area contributed by atoms with Gasteiger partial charge in [-0.05, 0) is 42.5 Å². The normalized spacial score (nSPS) is 10.7. The van der Waals surface area contributed by atoms with E-state index < -0.39 is 5.97 Å².